The molecule has 31 heavy (non-hydrogen) atoms. The molecule has 1 aliphatic heterocycles. The van der Waals surface area contributed by atoms with Crippen molar-refractivity contribution in [3.8, 4) is 11.5 Å². The van der Waals surface area contributed by atoms with Crippen LogP contribution in [0.4, 0.5) is 5.69 Å². The third kappa shape index (κ3) is 8.54. The van der Waals surface area contributed by atoms with Crippen LogP contribution in [0.25, 0.3) is 0 Å². The molecule has 0 spiro atoms. The number of guanidine groups is 1. The lowest BCUT2D eigenvalue weighted by Crippen LogP contribution is -2.38. The van der Waals surface area contributed by atoms with Gasteiger partial charge in [0.2, 0.25) is 0 Å². The fourth-order valence-electron chi connectivity index (χ4n) is 3.39. The number of nitrogens with two attached hydrogens (primary N) is 1. The van der Waals surface area contributed by atoms with E-state index in [1.165, 1.54) is 0 Å². The Balaban J connectivity index is 0.00000341. The van der Waals surface area contributed by atoms with Crippen LogP contribution in [0, 0.1) is 0 Å². The Hall–Kier alpha value is -2.04. The number of aliphatic imine (C=N–C) groups is 1. The van der Waals surface area contributed by atoms with Gasteiger partial charge in [-0.1, -0.05) is 12.1 Å². The van der Waals surface area contributed by atoms with Crippen molar-refractivity contribution in [3.05, 3.63) is 54.1 Å². The number of likely N-dealkylation sites (N-methyl/N-ethyl adjacent to an activating group) is 1. The summed E-state index contributed by atoms with van der Waals surface area (Å²) < 4.78 is 16.5. The van der Waals surface area contributed by atoms with Gasteiger partial charge in [-0.25, -0.2) is 4.99 Å². The molecule has 0 radical (unpaired) electrons. The second-order valence-corrected chi connectivity index (χ2v) is 7.37. The van der Waals surface area contributed by atoms with Crippen molar-refractivity contribution in [2.24, 2.45) is 10.7 Å². The van der Waals surface area contributed by atoms with Crippen LogP contribution in [-0.4, -0.2) is 57.4 Å². The first-order valence-electron chi connectivity index (χ1n) is 10.3. The number of hydrogen-bond donors (Lipinski definition) is 2. The molecule has 170 valence electrons. The van der Waals surface area contributed by atoms with E-state index < -0.39 is 0 Å². The second kappa shape index (κ2) is 13.4. The highest BCUT2D eigenvalue weighted by Gasteiger charge is 2.17. The van der Waals surface area contributed by atoms with Gasteiger partial charge in [-0.2, -0.15) is 0 Å². The number of ether oxygens (including phenoxy) is 3. The Kier molecular flexibility index (Phi) is 10.9. The standard InChI is InChI=1S/C23H32N4O3.HI/c1-27(20-10-13-29-14-11-20)12-15-30-22-5-3-4-18(16-22)17-25-23(24)26-19-6-8-21(28-2)9-7-19;/h3-9,16,20H,10-15,17H2,1-2H3,(H3,24,25,26);1H. The third-order valence-electron chi connectivity index (χ3n) is 5.22. The first kappa shape index (κ1) is 25.2. The predicted octanol–water partition coefficient (Wildman–Crippen LogP) is 3.73. The zero-order chi connectivity index (χ0) is 21.2. The van der Waals surface area contributed by atoms with Crippen LogP contribution in [0.5, 0.6) is 11.5 Å². The van der Waals surface area contributed by atoms with Crippen LogP contribution >= 0.6 is 24.0 Å². The van der Waals surface area contributed by atoms with Gasteiger partial charge in [0.15, 0.2) is 5.96 Å². The van der Waals surface area contributed by atoms with Crippen LogP contribution in [0.3, 0.4) is 0 Å². The minimum Gasteiger partial charge on any atom is -0.497 e. The molecule has 3 rings (SSSR count). The Labute approximate surface area is 202 Å². The summed E-state index contributed by atoms with van der Waals surface area (Å²) in [6, 6.07) is 16.1. The average Bonchev–Trinajstić information content (AvgIpc) is 2.79. The summed E-state index contributed by atoms with van der Waals surface area (Å²) >= 11 is 0. The second-order valence-electron chi connectivity index (χ2n) is 7.37. The molecule has 0 bridgehead atoms. The number of benzene rings is 2. The van der Waals surface area contributed by atoms with Crippen LogP contribution in [-0.2, 0) is 11.3 Å². The quantitative estimate of drug-likeness (QED) is 0.287. The van der Waals surface area contributed by atoms with E-state index in [1.54, 1.807) is 7.11 Å². The van der Waals surface area contributed by atoms with E-state index in [9.17, 15) is 0 Å². The molecule has 0 aromatic heterocycles. The van der Waals surface area contributed by atoms with Crippen molar-refractivity contribution >= 4 is 35.6 Å². The number of halogens is 1. The monoisotopic (exact) mass is 540 g/mol. The van der Waals surface area contributed by atoms with Gasteiger partial charge < -0.3 is 25.3 Å². The molecule has 2 aromatic carbocycles. The van der Waals surface area contributed by atoms with Crippen molar-refractivity contribution in [2.45, 2.75) is 25.4 Å². The first-order chi connectivity index (χ1) is 14.6. The average molecular weight is 540 g/mol. The Morgan fingerprint density at radius 1 is 1.16 bits per heavy atom. The van der Waals surface area contributed by atoms with Gasteiger partial charge in [-0.05, 0) is 61.9 Å². The zero-order valence-corrected chi connectivity index (χ0v) is 20.6. The first-order valence-corrected chi connectivity index (χ1v) is 10.3. The zero-order valence-electron chi connectivity index (χ0n) is 18.3. The molecule has 1 fully saturated rings. The van der Waals surface area contributed by atoms with Crippen molar-refractivity contribution in [1.82, 2.24) is 4.90 Å². The van der Waals surface area contributed by atoms with Crippen LogP contribution in [0.15, 0.2) is 53.5 Å². The van der Waals surface area contributed by atoms with Crippen molar-refractivity contribution in [1.29, 1.82) is 0 Å². The van der Waals surface area contributed by atoms with E-state index >= 15 is 0 Å². The minimum atomic E-state index is 0. The Morgan fingerprint density at radius 3 is 2.61 bits per heavy atom. The minimum absolute atomic E-state index is 0. The molecule has 1 saturated heterocycles. The Morgan fingerprint density at radius 2 is 1.90 bits per heavy atom. The summed E-state index contributed by atoms with van der Waals surface area (Å²) in [5.41, 5.74) is 7.92. The van der Waals surface area contributed by atoms with E-state index in [-0.39, 0.29) is 24.0 Å². The van der Waals surface area contributed by atoms with E-state index in [4.69, 9.17) is 19.9 Å². The summed E-state index contributed by atoms with van der Waals surface area (Å²) in [4.78, 5) is 6.78. The van der Waals surface area contributed by atoms with Gasteiger partial charge in [0.25, 0.3) is 0 Å². The molecular weight excluding hydrogens is 507 g/mol. The highest BCUT2D eigenvalue weighted by atomic mass is 127. The number of rotatable bonds is 9. The Bertz CT molecular complexity index is 811. The third-order valence-corrected chi connectivity index (χ3v) is 5.22. The van der Waals surface area contributed by atoms with Gasteiger partial charge in [0.05, 0.1) is 13.7 Å². The van der Waals surface area contributed by atoms with Crippen molar-refractivity contribution in [3.63, 3.8) is 0 Å². The normalized spacial score (nSPS) is 14.7. The molecule has 8 heteroatoms. The maximum atomic E-state index is 6.01. The van der Waals surface area contributed by atoms with Crippen molar-refractivity contribution < 1.29 is 14.2 Å². The highest BCUT2D eigenvalue weighted by Crippen LogP contribution is 2.17. The fraction of sp³-hybridized carbons (Fsp3) is 0.435. The molecule has 1 heterocycles. The van der Waals surface area contributed by atoms with Gasteiger partial charge in [0.1, 0.15) is 18.1 Å². The highest BCUT2D eigenvalue weighted by molar-refractivity contribution is 14.0. The number of hydrogen-bond acceptors (Lipinski definition) is 5. The van der Waals surface area contributed by atoms with Gasteiger partial charge in [0, 0.05) is 31.5 Å². The number of nitrogens with zero attached hydrogens (tertiary/aromatic N) is 2. The van der Waals surface area contributed by atoms with Crippen LogP contribution < -0.4 is 20.5 Å². The lowest BCUT2D eigenvalue weighted by molar-refractivity contribution is 0.0392. The molecular formula is C23H33IN4O3. The topological polar surface area (TPSA) is 81.3 Å². The molecule has 3 N–H and O–H groups in total. The number of nitrogens with one attached hydrogen (secondary N) is 1. The maximum Gasteiger partial charge on any atom is 0.193 e. The van der Waals surface area contributed by atoms with E-state index in [1.807, 2.05) is 48.5 Å². The summed E-state index contributed by atoms with van der Waals surface area (Å²) in [7, 11) is 3.80. The number of anilines is 1. The molecule has 2 aromatic rings. The van der Waals surface area contributed by atoms with Gasteiger partial charge in [-0.3, -0.25) is 4.90 Å². The van der Waals surface area contributed by atoms with Crippen LogP contribution in [0.2, 0.25) is 0 Å². The molecule has 0 atom stereocenters. The smallest absolute Gasteiger partial charge is 0.193 e. The van der Waals surface area contributed by atoms with Crippen LogP contribution in [0.1, 0.15) is 18.4 Å². The molecule has 0 unspecified atom stereocenters. The molecule has 0 amide bonds. The SMILES string of the molecule is COc1ccc(NC(N)=NCc2cccc(OCCN(C)C3CCOCC3)c2)cc1.I. The number of methoxy groups -OCH3 is 1. The lowest BCUT2D eigenvalue weighted by atomic mass is 10.1. The maximum absolute atomic E-state index is 6.01. The summed E-state index contributed by atoms with van der Waals surface area (Å²) in [6.45, 7) is 3.74. The van der Waals surface area contributed by atoms with Gasteiger partial charge in [-0.15, -0.1) is 24.0 Å². The molecule has 0 aliphatic carbocycles. The van der Waals surface area contributed by atoms with E-state index in [0.29, 0.717) is 25.2 Å². The predicted molar refractivity (Wildman–Crippen MR) is 136 cm³/mol. The van der Waals surface area contributed by atoms with E-state index in [2.05, 4.69) is 22.3 Å². The van der Waals surface area contributed by atoms with E-state index in [0.717, 1.165) is 55.4 Å². The molecule has 1 aliphatic rings. The molecule has 7 nitrogen and oxygen atoms in total. The summed E-state index contributed by atoms with van der Waals surface area (Å²) in [6.07, 6.45) is 2.19. The summed E-state index contributed by atoms with van der Waals surface area (Å²) in [5, 5.41) is 3.08. The summed E-state index contributed by atoms with van der Waals surface area (Å²) in [5.74, 6) is 2.01. The fourth-order valence-corrected chi connectivity index (χ4v) is 3.39. The molecule has 0 saturated carbocycles. The lowest BCUT2D eigenvalue weighted by Gasteiger charge is -2.31. The van der Waals surface area contributed by atoms with Gasteiger partial charge >= 0.3 is 0 Å². The largest absolute Gasteiger partial charge is 0.497 e. The van der Waals surface area contributed by atoms with Crippen molar-refractivity contribution in [2.75, 3.05) is 45.8 Å².